The van der Waals surface area contributed by atoms with Crippen LogP contribution in [0.3, 0.4) is 0 Å². The Morgan fingerprint density at radius 2 is 1.62 bits per heavy atom. The zero-order chi connectivity index (χ0) is 22.3. The molecule has 3 aromatic carbocycles. The molecule has 0 saturated carbocycles. The Morgan fingerprint density at radius 3 is 2.31 bits per heavy atom. The summed E-state index contributed by atoms with van der Waals surface area (Å²) < 4.78 is 7.75. The summed E-state index contributed by atoms with van der Waals surface area (Å²) in [6.07, 6.45) is 0. The van der Waals surface area contributed by atoms with E-state index in [-0.39, 0.29) is 11.2 Å². The topological polar surface area (TPSA) is 69.0 Å². The quantitative estimate of drug-likeness (QED) is 0.375. The first-order valence-electron chi connectivity index (χ1n) is 10.3. The molecule has 32 heavy (non-hydrogen) atoms. The second kappa shape index (κ2) is 10.2. The van der Waals surface area contributed by atoms with Crippen LogP contribution >= 0.6 is 11.8 Å². The van der Waals surface area contributed by atoms with Crippen LogP contribution in [-0.2, 0) is 11.4 Å². The van der Waals surface area contributed by atoms with Gasteiger partial charge >= 0.3 is 0 Å². The van der Waals surface area contributed by atoms with E-state index in [1.165, 1.54) is 11.8 Å². The van der Waals surface area contributed by atoms with Gasteiger partial charge in [-0.15, -0.1) is 10.2 Å². The highest BCUT2D eigenvalue weighted by molar-refractivity contribution is 8.00. The fraction of sp³-hybridized carbons (Fsp3) is 0.160. The number of carbonyl (C=O) groups is 1. The molecule has 6 nitrogen and oxygen atoms in total. The Morgan fingerprint density at radius 1 is 0.969 bits per heavy atom. The van der Waals surface area contributed by atoms with Gasteiger partial charge in [-0.25, -0.2) is 0 Å². The molecule has 0 aliphatic heterocycles. The van der Waals surface area contributed by atoms with E-state index in [1.807, 2.05) is 103 Å². The van der Waals surface area contributed by atoms with Gasteiger partial charge in [0.05, 0.1) is 5.25 Å². The summed E-state index contributed by atoms with van der Waals surface area (Å²) in [6.45, 7) is 4.26. The summed E-state index contributed by atoms with van der Waals surface area (Å²) in [4.78, 5) is 12.7. The Kier molecular flexibility index (Phi) is 6.87. The first kappa shape index (κ1) is 21.6. The third-order valence-electron chi connectivity index (χ3n) is 4.83. The number of ether oxygens (including phenoxy) is 1. The largest absolute Gasteiger partial charge is 0.489 e. The highest BCUT2D eigenvalue weighted by Crippen LogP contribution is 2.26. The predicted octanol–water partition coefficient (Wildman–Crippen LogP) is 5.27. The van der Waals surface area contributed by atoms with E-state index in [0.29, 0.717) is 11.8 Å². The lowest BCUT2D eigenvalue weighted by atomic mass is 10.2. The molecule has 0 bridgehead atoms. The van der Waals surface area contributed by atoms with Gasteiger partial charge in [0.25, 0.3) is 0 Å². The van der Waals surface area contributed by atoms with Crippen molar-refractivity contribution < 1.29 is 9.53 Å². The average Bonchev–Trinajstić information content (AvgIpc) is 3.19. The molecule has 1 amide bonds. The van der Waals surface area contributed by atoms with Crippen LogP contribution in [0.25, 0.3) is 5.69 Å². The molecule has 7 heteroatoms. The number of amides is 1. The van der Waals surface area contributed by atoms with Crippen LogP contribution in [0.15, 0.2) is 90.1 Å². The highest BCUT2D eigenvalue weighted by Gasteiger charge is 2.20. The van der Waals surface area contributed by atoms with Crippen molar-refractivity contribution in [2.75, 3.05) is 5.32 Å². The second-order valence-corrected chi connectivity index (χ2v) is 8.56. The maximum atomic E-state index is 12.7. The summed E-state index contributed by atoms with van der Waals surface area (Å²) in [7, 11) is 0. The maximum Gasteiger partial charge on any atom is 0.237 e. The SMILES string of the molecule is Cc1nnc(SC(C)C(=O)Nc2ccc(OCc3ccccc3)cc2)n1-c1ccccc1. The van der Waals surface area contributed by atoms with E-state index in [9.17, 15) is 4.79 Å². The number of aromatic nitrogens is 3. The smallest absolute Gasteiger partial charge is 0.237 e. The van der Waals surface area contributed by atoms with Gasteiger partial charge in [0.2, 0.25) is 5.91 Å². The van der Waals surface area contributed by atoms with Crippen molar-refractivity contribution in [1.29, 1.82) is 0 Å². The van der Waals surface area contributed by atoms with Crippen molar-refractivity contribution in [3.05, 3.63) is 96.3 Å². The standard InChI is InChI=1S/C25H24N4O2S/c1-18(32-25-28-27-19(2)29(25)22-11-7-4-8-12-22)24(30)26-21-13-15-23(16-14-21)31-17-20-9-5-3-6-10-20/h3-16,18H,17H2,1-2H3,(H,26,30). The molecule has 1 heterocycles. The molecule has 4 aromatic rings. The summed E-state index contributed by atoms with van der Waals surface area (Å²) >= 11 is 1.37. The lowest BCUT2D eigenvalue weighted by Gasteiger charge is -2.13. The minimum Gasteiger partial charge on any atom is -0.489 e. The first-order chi connectivity index (χ1) is 15.6. The lowest BCUT2D eigenvalue weighted by Crippen LogP contribution is -2.22. The van der Waals surface area contributed by atoms with Crippen molar-refractivity contribution in [3.63, 3.8) is 0 Å². The van der Waals surface area contributed by atoms with Gasteiger partial charge in [0.15, 0.2) is 5.16 Å². The first-order valence-corrected chi connectivity index (χ1v) is 11.2. The number of hydrogen-bond acceptors (Lipinski definition) is 5. The van der Waals surface area contributed by atoms with Gasteiger partial charge < -0.3 is 10.1 Å². The number of nitrogens with zero attached hydrogens (tertiary/aromatic N) is 3. The van der Waals surface area contributed by atoms with Crippen LogP contribution in [0.2, 0.25) is 0 Å². The molecule has 0 aliphatic rings. The zero-order valence-corrected chi connectivity index (χ0v) is 18.8. The van der Waals surface area contributed by atoms with Crippen LogP contribution in [0.4, 0.5) is 5.69 Å². The normalized spacial score (nSPS) is 11.7. The molecule has 1 unspecified atom stereocenters. The number of hydrogen-bond donors (Lipinski definition) is 1. The molecule has 4 rings (SSSR count). The number of thioether (sulfide) groups is 1. The molecule has 0 radical (unpaired) electrons. The van der Waals surface area contributed by atoms with Gasteiger partial charge in [-0.1, -0.05) is 60.3 Å². The van der Waals surface area contributed by atoms with Crippen molar-refractivity contribution in [2.24, 2.45) is 0 Å². The van der Waals surface area contributed by atoms with Gasteiger partial charge in [-0.05, 0) is 55.8 Å². The second-order valence-electron chi connectivity index (χ2n) is 7.25. The highest BCUT2D eigenvalue weighted by atomic mass is 32.2. The van der Waals surface area contributed by atoms with Gasteiger partial charge in [0.1, 0.15) is 18.2 Å². The van der Waals surface area contributed by atoms with E-state index in [4.69, 9.17) is 4.74 Å². The third-order valence-corrected chi connectivity index (χ3v) is 5.87. The molecule has 1 aromatic heterocycles. The van der Waals surface area contributed by atoms with Crippen molar-refractivity contribution in [1.82, 2.24) is 14.8 Å². The van der Waals surface area contributed by atoms with Crippen LogP contribution in [0, 0.1) is 6.92 Å². The van der Waals surface area contributed by atoms with E-state index in [2.05, 4.69) is 15.5 Å². The fourth-order valence-electron chi connectivity index (χ4n) is 3.12. The molecule has 0 aliphatic carbocycles. The number of anilines is 1. The van der Waals surface area contributed by atoms with Crippen LogP contribution in [0.5, 0.6) is 5.75 Å². The van der Waals surface area contributed by atoms with E-state index < -0.39 is 0 Å². The summed E-state index contributed by atoms with van der Waals surface area (Å²) in [5.41, 5.74) is 2.79. The molecule has 0 spiro atoms. The number of rotatable bonds is 8. The third kappa shape index (κ3) is 5.36. The van der Waals surface area contributed by atoms with Gasteiger partial charge in [-0.2, -0.15) is 0 Å². The minimum absolute atomic E-state index is 0.104. The number of para-hydroxylation sites is 1. The van der Waals surface area contributed by atoms with Gasteiger partial charge in [0, 0.05) is 11.4 Å². The Bertz CT molecular complexity index is 1160. The summed E-state index contributed by atoms with van der Waals surface area (Å²) in [6, 6.07) is 27.3. The number of aryl methyl sites for hydroxylation is 1. The molecule has 0 fully saturated rings. The average molecular weight is 445 g/mol. The van der Waals surface area contributed by atoms with Crippen LogP contribution < -0.4 is 10.1 Å². The predicted molar refractivity (Wildman–Crippen MR) is 127 cm³/mol. The van der Waals surface area contributed by atoms with Crippen LogP contribution in [-0.4, -0.2) is 25.9 Å². The lowest BCUT2D eigenvalue weighted by molar-refractivity contribution is -0.115. The Balaban J connectivity index is 1.35. The van der Waals surface area contributed by atoms with Crippen LogP contribution in [0.1, 0.15) is 18.3 Å². The number of benzene rings is 3. The van der Waals surface area contributed by atoms with E-state index >= 15 is 0 Å². The monoisotopic (exact) mass is 444 g/mol. The van der Waals surface area contributed by atoms with E-state index in [1.54, 1.807) is 0 Å². The summed E-state index contributed by atoms with van der Waals surface area (Å²) in [5.74, 6) is 1.42. The molecule has 0 saturated heterocycles. The van der Waals surface area contributed by atoms with Crippen molar-refractivity contribution >= 4 is 23.4 Å². The molecule has 1 N–H and O–H groups in total. The maximum absolute atomic E-state index is 12.7. The Hall–Kier alpha value is -3.58. The molecular formula is C25H24N4O2S. The fourth-order valence-corrected chi connectivity index (χ4v) is 4.04. The van der Waals surface area contributed by atoms with Gasteiger partial charge in [-0.3, -0.25) is 9.36 Å². The number of carbonyl (C=O) groups excluding carboxylic acids is 1. The molecule has 162 valence electrons. The van der Waals surface area contributed by atoms with E-state index in [0.717, 1.165) is 28.5 Å². The minimum atomic E-state index is -0.352. The van der Waals surface area contributed by atoms with Crippen molar-refractivity contribution in [2.45, 2.75) is 30.9 Å². The Labute approximate surface area is 191 Å². The molecule has 1 atom stereocenters. The molecular weight excluding hydrogens is 420 g/mol. The summed E-state index contributed by atoms with van der Waals surface area (Å²) in [5, 5.41) is 11.7. The zero-order valence-electron chi connectivity index (χ0n) is 17.9. The van der Waals surface area contributed by atoms with Crippen molar-refractivity contribution in [3.8, 4) is 11.4 Å². The number of nitrogens with one attached hydrogen (secondary N) is 1.